The van der Waals surface area contributed by atoms with Crippen molar-refractivity contribution in [2.75, 3.05) is 20.8 Å². The summed E-state index contributed by atoms with van der Waals surface area (Å²) in [6.07, 6.45) is 1.61. The van der Waals surface area contributed by atoms with E-state index in [4.69, 9.17) is 31.3 Å². The fraction of sp³-hybridized carbons (Fsp3) is 0.143. The summed E-state index contributed by atoms with van der Waals surface area (Å²) in [6.45, 7) is -0.580. The van der Waals surface area contributed by atoms with Gasteiger partial charge < -0.3 is 19.7 Å². The van der Waals surface area contributed by atoms with E-state index in [0.717, 1.165) is 11.8 Å². The summed E-state index contributed by atoms with van der Waals surface area (Å²) >= 11 is 7.37. The second-order valence-corrected chi connectivity index (χ2v) is 7.85. The van der Waals surface area contributed by atoms with Crippen LogP contribution in [0.1, 0.15) is 15.9 Å². The minimum absolute atomic E-state index is 0.0910. The smallest absolute Gasteiger partial charge is 0.341 e. The fourth-order valence-corrected chi connectivity index (χ4v) is 3.95. The predicted molar refractivity (Wildman–Crippen MR) is 120 cm³/mol. The van der Waals surface area contributed by atoms with Gasteiger partial charge in [0.1, 0.15) is 0 Å². The van der Waals surface area contributed by atoms with Crippen LogP contribution in [0.5, 0.6) is 11.5 Å². The zero-order chi connectivity index (χ0) is 23.4. The lowest BCUT2D eigenvalue weighted by Crippen LogP contribution is -2.23. The Kier molecular flexibility index (Phi) is 7.06. The van der Waals surface area contributed by atoms with Gasteiger partial charge in [-0.1, -0.05) is 11.6 Å². The van der Waals surface area contributed by atoms with E-state index in [1.54, 1.807) is 31.3 Å². The number of hydrogen-bond donors (Lipinski definition) is 2. The molecule has 1 aliphatic rings. The van der Waals surface area contributed by atoms with Gasteiger partial charge in [0.2, 0.25) is 0 Å². The lowest BCUT2D eigenvalue weighted by Gasteiger charge is -2.12. The van der Waals surface area contributed by atoms with Gasteiger partial charge in [-0.05, 0) is 59.8 Å². The summed E-state index contributed by atoms with van der Waals surface area (Å²) in [5, 5.41) is 18.3. The molecule has 166 valence electrons. The summed E-state index contributed by atoms with van der Waals surface area (Å²) in [4.78, 5) is 40.6. The van der Waals surface area contributed by atoms with Crippen LogP contribution in [-0.4, -0.2) is 58.9 Å². The van der Waals surface area contributed by atoms with Gasteiger partial charge >= 0.3 is 11.9 Å². The quantitative estimate of drug-likeness (QED) is 0.579. The molecule has 32 heavy (non-hydrogen) atoms. The molecule has 2 N–H and O–H groups in total. The number of rotatable bonds is 7. The highest BCUT2D eigenvalue weighted by Crippen LogP contribution is 2.39. The van der Waals surface area contributed by atoms with Crippen LogP contribution >= 0.6 is 23.4 Å². The molecule has 1 fully saturated rings. The number of aliphatic carboxylic acids is 1. The maximum atomic E-state index is 12.7. The maximum absolute atomic E-state index is 12.7. The number of carbonyl (C=O) groups is 3. The number of benzene rings is 2. The number of carboxylic acids is 2. The zero-order valence-electron chi connectivity index (χ0n) is 16.9. The molecule has 0 atom stereocenters. The Balaban J connectivity index is 1.87. The molecule has 0 spiro atoms. The number of carbonyl (C=O) groups excluding carboxylic acids is 1. The van der Waals surface area contributed by atoms with E-state index in [1.165, 1.54) is 30.2 Å². The van der Waals surface area contributed by atoms with Crippen molar-refractivity contribution in [1.29, 1.82) is 0 Å². The van der Waals surface area contributed by atoms with Crippen molar-refractivity contribution in [2.24, 2.45) is 4.99 Å². The first-order valence-electron chi connectivity index (χ1n) is 9.01. The molecule has 1 saturated heterocycles. The van der Waals surface area contributed by atoms with E-state index in [2.05, 4.69) is 4.99 Å². The first-order chi connectivity index (χ1) is 15.2. The van der Waals surface area contributed by atoms with Crippen molar-refractivity contribution in [3.8, 4) is 11.5 Å². The number of halogens is 1. The highest BCUT2D eigenvalue weighted by Gasteiger charge is 2.30. The molecule has 1 amide bonds. The largest absolute Gasteiger partial charge is 0.493 e. The molecule has 2 aromatic carbocycles. The highest BCUT2D eigenvalue weighted by atomic mass is 35.5. The zero-order valence-corrected chi connectivity index (χ0v) is 18.4. The van der Waals surface area contributed by atoms with Crippen LogP contribution in [-0.2, 0) is 9.59 Å². The second kappa shape index (κ2) is 9.75. The van der Waals surface area contributed by atoms with Gasteiger partial charge in [-0.25, -0.2) is 14.6 Å². The van der Waals surface area contributed by atoms with E-state index in [0.29, 0.717) is 21.3 Å². The van der Waals surface area contributed by atoms with E-state index in [-0.39, 0.29) is 28.0 Å². The lowest BCUT2D eigenvalue weighted by molar-refractivity contribution is -0.139. The first-order valence-corrected chi connectivity index (χ1v) is 10.2. The molecule has 3 rings (SSSR count). The van der Waals surface area contributed by atoms with Crippen LogP contribution in [0.2, 0.25) is 5.02 Å². The number of hydrogen-bond acceptors (Lipinski definition) is 7. The number of amidine groups is 1. The minimum atomic E-state index is -1.16. The molecule has 0 radical (unpaired) electrons. The van der Waals surface area contributed by atoms with Crippen LogP contribution in [0, 0.1) is 0 Å². The Bertz CT molecular complexity index is 1150. The van der Waals surface area contributed by atoms with Crippen LogP contribution in [0.15, 0.2) is 46.3 Å². The van der Waals surface area contributed by atoms with Gasteiger partial charge in [-0.2, -0.15) is 0 Å². The molecule has 9 nitrogen and oxygen atoms in total. The van der Waals surface area contributed by atoms with Crippen molar-refractivity contribution in [2.45, 2.75) is 0 Å². The normalized spacial score (nSPS) is 16.0. The predicted octanol–water partition coefficient (Wildman–Crippen LogP) is 3.74. The SMILES string of the molecule is COc1cc(/C=C2/SC(=Nc3ccc(C(=O)O)cc3)N(C)C2=O)cc(Cl)c1OCC(=O)O. The topological polar surface area (TPSA) is 126 Å². The van der Waals surface area contributed by atoms with Gasteiger partial charge in [-0.15, -0.1) is 0 Å². The molecule has 0 saturated carbocycles. The van der Waals surface area contributed by atoms with Crippen molar-refractivity contribution in [1.82, 2.24) is 4.90 Å². The van der Waals surface area contributed by atoms with E-state index >= 15 is 0 Å². The van der Waals surface area contributed by atoms with Crippen LogP contribution in [0.3, 0.4) is 0 Å². The molecule has 0 aromatic heterocycles. The number of aromatic carboxylic acids is 1. The number of aliphatic imine (C=N–C) groups is 1. The third-order valence-corrected chi connectivity index (χ3v) is 5.57. The summed E-state index contributed by atoms with van der Waals surface area (Å²) in [6, 6.07) is 9.07. The molecular weight excluding hydrogens is 460 g/mol. The lowest BCUT2D eigenvalue weighted by atomic mass is 10.2. The number of ether oxygens (including phenoxy) is 2. The minimum Gasteiger partial charge on any atom is -0.493 e. The summed E-state index contributed by atoms with van der Waals surface area (Å²) in [7, 11) is 2.97. The number of methoxy groups -OCH3 is 1. The van der Waals surface area contributed by atoms with E-state index in [9.17, 15) is 14.4 Å². The Morgan fingerprint density at radius 2 is 1.91 bits per heavy atom. The average Bonchev–Trinajstić information content (AvgIpc) is 3.00. The molecule has 11 heteroatoms. The molecule has 1 aliphatic heterocycles. The monoisotopic (exact) mass is 476 g/mol. The summed E-state index contributed by atoms with van der Waals surface area (Å²) < 4.78 is 10.4. The third kappa shape index (κ3) is 5.21. The highest BCUT2D eigenvalue weighted by molar-refractivity contribution is 8.18. The molecule has 0 unspecified atom stereocenters. The van der Waals surface area contributed by atoms with Gasteiger partial charge in [-0.3, -0.25) is 9.69 Å². The molecule has 2 aromatic rings. The second-order valence-electron chi connectivity index (χ2n) is 6.44. The van der Waals surface area contributed by atoms with Crippen molar-refractivity contribution in [3.05, 3.63) is 57.5 Å². The van der Waals surface area contributed by atoms with Crippen LogP contribution < -0.4 is 9.47 Å². The average molecular weight is 477 g/mol. The Morgan fingerprint density at radius 1 is 1.22 bits per heavy atom. The van der Waals surface area contributed by atoms with Gasteiger partial charge in [0.05, 0.1) is 28.3 Å². The molecular formula is C21H17ClN2O7S. The number of likely N-dealkylation sites (N-methyl/N-ethyl adjacent to an activating group) is 1. The Morgan fingerprint density at radius 3 is 2.50 bits per heavy atom. The molecule has 0 bridgehead atoms. The number of thioether (sulfide) groups is 1. The Hall–Kier alpha value is -3.50. The maximum Gasteiger partial charge on any atom is 0.341 e. The van der Waals surface area contributed by atoms with Crippen molar-refractivity contribution < 1.29 is 34.1 Å². The standard InChI is InChI=1S/C21H17ClN2O7S/c1-24-19(27)16(32-21(24)23-13-5-3-12(4-6-13)20(28)29)9-11-7-14(22)18(15(8-11)30-2)31-10-17(25)26/h3-9H,10H2,1-2H3,(H,25,26)(H,28,29)/b16-9+,23-21?. The molecule has 1 heterocycles. The number of carboxylic acid groups (broad SMARTS) is 2. The van der Waals surface area contributed by atoms with E-state index in [1.807, 2.05) is 0 Å². The van der Waals surface area contributed by atoms with Crippen molar-refractivity contribution in [3.63, 3.8) is 0 Å². The summed E-state index contributed by atoms with van der Waals surface area (Å²) in [5.41, 5.74) is 1.19. The third-order valence-electron chi connectivity index (χ3n) is 4.23. The van der Waals surface area contributed by atoms with Gasteiger partial charge in [0.25, 0.3) is 5.91 Å². The van der Waals surface area contributed by atoms with Gasteiger partial charge in [0.15, 0.2) is 23.3 Å². The van der Waals surface area contributed by atoms with E-state index < -0.39 is 18.5 Å². The first kappa shape index (κ1) is 23.2. The van der Waals surface area contributed by atoms with Crippen molar-refractivity contribution >= 4 is 58.1 Å². The summed E-state index contributed by atoms with van der Waals surface area (Å²) in [5.74, 6) is -2.16. The van der Waals surface area contributed by atoms with Gasteiger partial charge in [0, 0.05) is 7.05 Å². The Labute approximate surface area is 191 Å². The number of nitrogens with zero attached hydrogens (tertiary/aromatic N) is 2. The van der Waals surface area contributed by atoms with Crippen LogP contribution in [0.4, 0.5) is 5.69 Å². The van der Waals surface area contributed by atoms with Crippen LogP contribution in [0.25, 0.3) is 6.08 Å². The molecule has 0 aliphatic carbocycles. The number of amides is 1. The fourth-order valence-electron chi connectivity index (χ4n) is 2.69.